The molecule has 1 rings (SSSR count). The Morgan fingerprint density at radius 3 is 3.13 bits per heavy atom. The highest BCUT2D eigenvalue weighted by Gasteiger charge is 2.23. The van der Waals surface area contributed by atoms with E-state index in [2.05, 4.69) is 10.2 Å². The maximum absolute atomic E-state index is 11.3. The Balaban J connectivity index is 2.15. The van der Waals surface area contributed by atoms with Crippen LogP contribution in [-0.2, 0) is 9.53 Å². The number of carbonyl (C=O) groups excluding carboxylic acids is 1. The average molecular weight is 216 g/mol. The van der Waals surface area contributed by atoms with Crippen molar-refractivity contribution in [1.82, 2.24) is 10.2 Å². The lowest BCUT2D eigenvalue weighted by Gasteiger charge is -2.15. The van der Waals surface area contributed by atoms with Crippen molar-refractivity contribution in [2.75, 3.05) is 46.5 Å². The maximum atomic E-state index is 11.3. The fourth-order valence-electron chi connectivity index (χ4n) is 1.88. The number of aliphatic hydroxyl groups excluding tert-OH is 1. The number of amides is 1. The number of methoxy groups -OCH3 is 1. The molecule has 1 atom stereocenters. The molecule has 15 heavy (non-hydrogen) atoms. The van der Waals surface area contributed by atoms with Gasteiger partial charge in [0.15, 0.2) is 0 Å². The summed E-state index contributed by atoms with van der Waals surface area (Å²) in [5, 5.41) is 11.2. The molecule has 0 bridgehead atoms. The number of rotatable bonds is 6. The van der Waals surface area contributed by atoms with Gasteiger partial charge in [-0.25, -0.2) is 0 Å². The minimum Gasteiger partial charge on any atom is -0.395 e. The molecule has 5 nitrogen and oxygen atoms in total. The highest BCUT2D eigenvalue weighted by Crippen LogP contribution is 2.15. The fourth-order valence-corrected chi connectivity index (χ4v) is 1.88. The first-order valence-corrected chi connectivity index (χ1v) is 5.35. The van der Waals surface area contributed by atoms with Crippen molar-refractivity contribution in [3.63, 3.8) is 0 Å². The largest absolute Gasteiger partial charge is 0.395 e. The predicted octanol–water partition coefficient (Wildman–Crippen LogP) is -0.937. The van der Waals surface area contributed by atoms with E-state index >= 15 is 0 Å². The Morgan fingerprint density at radius 2 is 2.47 bits per heavy atom. The summed E-state index contributed by atoms with van der Waals surface area (Å²) in [5.74, 6) is 0.544. The first-order chi connectivity index (χ1) is 7.26. The highest BCUT2D eigenvalue weighted by atomic mass is 16.5. The van der Waals surface area contributed by atoms with Crippen LogP contribution in [0.5, 0.6) is 0 Å². The number of aliphatic hydroxyl groups is 1. The van der Waals surface area contributed by atoms with Crippen LogP contribution < -0.4 is 5.32 Å². The summed E-state index contributed by atoms with van der Waals surface area (Å²) in [6, 6.07) is 0. The van der Waals surface area contributed by atoms with E-state index in [-0.39, 0.29) is 12.5 Å². The molecule has 1 aliphatic rings. The molecule has 0 aromatic heterocycles. The van der Waals surface area contributed by atoms with E-state index in [0.717, 1.165) is 26.1 Å². The average Bonchev–Trinajstić information content (AvgIpc) is 2.63. The lowest BCUT2D eigenvalue weighted by Crippen LogP contribution is -2.37. The number of ether oxygens (including phenoxy) is 1. The number of carbonyl (C=O) groups is 1. The summed E-state index contributed by atoms with van der Waals surface area (Å²) in [7, 11) is 1.70. The molecule has 0 aromatic carbocycles. The van der Waals surface area contributed by atoms with Crippen molar-refractivity contribution in [3.05, 3.63) is 0 Å². The van der Waals surface area contributed by atoms with Gasteiger partial charge >= 0.3 is 0 Å². The molecule has 1 aliphatic heterocycles. The summed E-state index contributed by atoms with van der Waals surface area (Å²) in [4.78, 5) is 13.4. The van der Waals surface area contributed by atoms with E-state index in [4.69, 9.17) is 9.84 Å². The van der Waals surface area contributed by atoms with E-state index in [9.17, 15) is 4.79 Å². The molecule has 2 N–H and O–H groups in total. The molecule has 1 unspecified atom stereocenters. The van der Waals surface area contributed by atoms with E-state index in [1.54, 1.807) is 7.11 Å². The number of hydrogen-bond donors (Lipinski definition) is 2. The van der Waals surface area contributed by atoms with Crippen LogP contribution in [0.1, 0.15) is 6.42 Å². The van der Waals surface area contributed by atoms with Gasteiger partial charge in [0.2, 0.25) is 5.91 Å². The normalized spacial score (nSPS) is 21.9. The van der Waals surface area contributed by atoms with Gasteiger partial charge in [0.25, 0.3) is 0 Å². The molecule has 5 heteroatoms. The highest BCUT2D eigenvalue weighted by molar-refractivity contribution is 5.78. The summed E-state index contributed by atoms with van der Waals surface area (Å²) < 4.78 is 5.08. The van der Waals surface area contributed by atoms with Gasteiger partial charge in [-0.3, -0.25) is 9.69 Å². The summed E-state index contributed by atoms with van der Waals surface area (Å²) in [6.45, 7) is 3.43. The van der Waals surface area contributed by atoms with Gasteiger partial charge in [-0.2, -0.15) is 0 Å². The zero-order chi connectivity index (χ0) is 11.1. The molecule has 1 heterocycles. The molecule has 88 valence electrons. The van der Waals surface area contributed by atoms with Crippen LogP contribution in [0, 0.1) is 5.92 Å². The second-order valence-electron chi connectivity index (χ2n) is 3.92. The standard InChI is InChI=1S/C10H20N2O3/c1-15-8-9-2-4-12(6-9)7-10(14)11-3-5-13/h9,13H,2-8H2,1H3,(H,11,14). The lowest BCUT2D eigenvalue weighted by molar-refractivity contribution is -0.122. The van der Waals surface area contributed by atoms with Crippen LogP contribution in [0.2, 0.25) is 0 Å². The van der Waals surface area contributed by atoms with Crippen molar-refractivity contribution in [3.8, 4) is 0 Å². The first-order valence-electron chi connectivity index (χ1n) is 5.35. The number of hydrogen-bond acceptors (Lipinski definition) is 4. The monoisotopic (exact) mass is 216 g/mol. The molecule has 0 aromatic rings. The SMILES string of the molecule is COCC1CCN(CC(=O)NCCO)C1. The van der Waals surface area contributed by atoms with Crippen LogP contribution in [0.15, 0.2) is 0 Å². The molecule has 0 radical (unpaired) electrons. The molecule has 0 saturated carbocycles. The predicted molar refractivity (Wildman–Crippen MR) is 56.5 cm³/mol. The summed E-state index contributed by atoms with van der Waals surface area (Å²) in [5.41, 5.74) is 0. The minimum absolute atomic E-state index is 0.00194. The van der Waals surface area contributed by atoms with Gasteiger partial charge in [0, 0.05) is 20.2 Å². The van der Waals surface area contributed by atoms with Gasteiger partial charge < -0.3 is 15.2 Å². The maximum Gasteiger partial charge on any atom is 0.234 e. The van der Waals surface area contributed by atoms with Gasteiger partial charge in [-0.15, -0.1) is 0 Å². The van der Waals surface area contributed by atoms with Crippen molar-refractivity contribution >= 4 is 5.91 Å². The Hall–Kier alpha value is -0.650. The van der Waals surface area contributed by atoms with E-state index in [1.165, 1.54) is 0 Å². The third kappa shape index (κ3) is 4.59. The van der Waals surface area contributed by atoms with Gasteiger partial charge in [0.05, 0.1) is 19.8 Å². The van der Waals surface area contributed by atoms with E-state index in [1.807, 2.05) is 0 Å². The summed E-state index contributed by atoms with van der Waals surface area (Å²) in [6.07, 6.45) is 1.10. The van der Waals surface area contributed by atoms with Crippen LogP contribution in [0.3, 0.4) is 0 Å². The smallest absolute Gasteiger partial charge is 0.234 e. The van der Waals surface area contributed by atoms with Crippen molar-refractivity contribution in [2.45, 2.75) is 6.42 Å². The van der Waals surface area contributed by atoms with Crippen molar-refractivity contribution < 1.29 is 14.6 Å². The van der Waals surface area contributed by atoms with Gasteiger partial charge in [-0.1, -0.05) is 0 Å². The lowest BCUT2D eigenvalue weighted by atomic mass is 10.1. The Labute approximate surface area is 90.4 Å². The van der Waals surface area contributed by atoms with Crippen molar-refractivity contribution in [1.29, 1.82) is 0 Å². The van der Waals surface area contributed by atoms with E-state index < -0.39 is 0 Å². The molecular formula is C10H20N2O3. The molecular weight excluding hydrogens is 196 g/mol. The minimum atomic E-state index is -0.0119. The molecule has 0 aliphatic carbocycles. The fraction of sp³-hybridized carbons (Fsp3) is 0.900. The van der Waals surface area contributed by atoms with Crippen LogP contribution in [-0.4, -0.2) is 62.4 Å². The zero-order valence-electron chi connectivity index (χ0n) is 9.24. The van der Waals surface area contributed by atoms with E-state index in [0.29, 0.717) is 19.0 Å². The Morgan fingerprint density at radius 1 is 1.67 bits per heavy atom. The number of nitrogens with zero attached hydrogens (tertiary/aromatic N) is 1. The van der Waals surface area contributed by atoms with Gasteiger partial charge in [-0.05, 0) is 18.9 Å². The third-order valence-corrected chi connectivity index (χ3v) is 2.57. The first kappa shape index (κ1) is 12.4. The molecule has 1 amide bonds. The van der Waals surface area contributed by atoms with Crippen molar-refractivity contribution in [2.24, 2.45) is 5.92 Å². The molecule has 0 spiro atoms. The topological polar surface area (TPSA) is 61.8 Å². The third-order valence-electron chi connectivity index (χ3n) is 2.57. The second kappa shape index (κ2) is 6.76. The number of nitrogens with one attached hydrogen (secondary N) is 1. The van der Waals surface area contributed by atoms with Crippen LogP contribution in [0.4, 0.5) is 0 Å². The van der Waals surface area contributed by atoms with Gasteiger partial charge in [0.1, 0.15) is 0 Å². The quantitative estimate of drug-likeness (QED) is 0.602. The second-order valence-corrected chi connectivity index (χ2v) is 3.92. The Bertz CT molecular complexity index is 199. The number of likely N-dealkylation sites (tertiary alicyclic amines) is 1. The zero-order valence-corrected chi connectivity index (χ0v) is 9.24. The molecule has 1 fully saturated rings. The van der Waals surface area contributed by atoms with Crippen LogP contribution in [0.25, 0.3) is 0 Å². The Kier molecular flexibility index (Phi) is 5.60. The summed E-state index contributed by atoms with van der Waals surface area (Å²) >= 11 is 0. The van der Waals surface area contributed by atoms with Crippen LogP contribution >= 0.6 is 0 Å². The molecule has 1 saturated heterocycles.